The molecule has 0 heterocycles. The fraction of sp³-hybridized carbons (Fsp3) is 0.600. The fourth-order valence-electron chi connectivity index (χ4n) is 7.39. The molecule has 4 atom stereocenters. The van der Waals surface area contributed by atoms with Gasteiger partial charge in [-0.2, -0.15) is 0 Å². The number of hydrogen-bond acceptors (Lipinski definition) is 5. The van der Waals surface area contributed by atoms with Crippen LogP contribution < -0.4 is 9.46 Å². The van der Waals surface area contributed by atoms with Gasteiger partial charge in [-0.15, -0.1) is 0 Å². The van der Waals surface area contributed by atoms with Crippen molar-refractivity contribution in [1.29, 1.82) is 0 Å². The summed E-state index contributed by atoms with van der Waals surface area (Å²) in [7, 11) is -1.70. The standard InChI is InChI=1S/C30H39NO5S/c1-30-19-26(20-6-10-23(11-7-20)36-16-4-3-5-17-37(34,35)31-2)29-24-13-9-22(32)18-21(24)8-12-25(29)27(30)14-15-28(30)33/h6-7,10-11,18,25-27,31H,3-5,8-9,12-17,19H2,1-2H3/t25?,26-,27?,30+/m1/s1. The minimum atomic E-state index is -3.14. The Morgan fingerprint density at radius 2 is 1.78 bits per heavy atom. The molecule has 2 unspecified atom stereocenters. The summed E-state index contributed by atoms with van der Waals surface area (Å²) in [6, 6.07) is 8.35. The lowest BCUT2D eigenvalue weighted by Crippen LogP contribution is -2.43. The number of nitrogens with one attached hydrogen (secondary N) is 1. The number of fused-ring (bicyclic) bond motifs is 4. The average Bonchev–Trinajstić information content (AvgIpc) is 3.19. The minimum Gasteiger partial charge on any atom is -0.494 e. The second kappa shape index (κ2) is 10.5. The monoisotopic (exact) mass is 525 g/mol. The maximum absolute atomic E-state index is 13.1. The summed E-state index contributed by atoms with van der Waals surface area (Å²) >= 11 is 0. The smallest absolute Gasteiger partial charge is 0.211 e. The number of carbonyl (C=O) groups is 2. The third-order valence-corrected chi connectivity index (χ3v) is 10.8. The molecule has 37 heavy (non-hydrogen) atoms. The molecule has 0 aromatic heterocycles. The average molecular weight is 526 g/mol. The summed E-state index contributed by atoms with van der Waals surface area (Å²) in [6.07, 6.45) is 10.1. The van der Waals surface area contributed by atoms with Gasteiger partial charge in [0.2, 0.25) is 10.0 Å². The lowest BCUT2D eigenvalue weighted by atomic mass is 9.53. The number of carbonyl (C=O) groups excluding carboxylic acids is 2. The largest absolute Gasteiger partial charge is 0.494 e. The summed E-state index contributed by atoms with van der Waals surface area (Å²) in [4.78, 5) is 25.3. The van der Waals surface area contributed by atoms with Crippen LogP contribution in [-0.2, 0) is 19.6 Å². The molecule has 2 fully saturated rings. The zero-order valence-corrected chi connectivity index (χ0v) is 22.9. The molecule has 0 spiro atoms. The number of rotatable bonds is 9. The first-order valence-corrected chi connectivity index (χ1v) is 15.5. The van der Waals surface area contributed by atoms with Crippen molar-refractivity contribution < 1.29 is 22.7 Å². The molecule has 1 aromatic carbocycles. The highest BCUT2D eigenvalue weighted by Crippen LogP contribution is 2.62. The van der Waals surface area contributed by atoms with Gasteiger partial charge in [-0.3, -0.25) is 9.59 Å². The SMILES string of the molecule is CNS(=O)(=O)CCCCCOc1ccc([C@H]2C[C@]3(C)C(=O)CCC3C3CCC4=CC(=O)CCC4=C32)cc1. The zero-order chi connectivity index (χ0) is 26.2. The van der Waals surface area contributed by atoms with Crippen LogP contribution in [0.25, 0.3) is 0 Å². The van der Waals surface area contributed by atoms with Crippen LogP contribution >= 0.6 is 0 Å². The van der Waals surface area contributed by atoms with Crippen molar-refractivity contribution in [1.82, 2.24) is 4.72 Å². The van der Waals surface area contributed by atoms with Crippen LogP contribution in [0.1, 0.15) is 82.6 Å². The molecule has 7 heteroatoms. The molecule has 200 valence electrons. The Bertz CT molecular complexity index is 1230. The van der Waals surface area contributed by atoms with Gasteiger partial charge < -0.3 is 4.74 Å². The highest BCUT2D eigenvalue weighted by atomic mass is 32.2. The van der Waals surface area contributed by atoms with E-state index in [-0.39, 0.29) is 22.9 Å². The van der Waals surface area contributed by atoms with E-state index >= 15 is 0 Å². The molecule has 4 aliphatic rings. The highest BCUT2D eigenvalue weighted by molar-refractivity contribution is 7.89. The van der Waals surface area contributed by atoms with Crippen LogP contribution in [-0.4, -0.2) is 39.4 Å². The van der Waals surface area contributed by atoms with Gasteiger partial charge in [0.05, 0.1) is 12.4 Å². The first kappa shape index (κ1) is 26.4. The molecule has 6 nitrogen and oxygen atoms in total. The van der Waals surface area contributed by atoms with Gasteiger partial charge in [0.1, 0.15) is 11.5 Å². The highest BCUT2D eigenvalue weighted by Gasteiger charge is 2.56. The Morgan fingerprint density at radius 3 is 2.54 bits per heavy atom. The fourth-order valence-corrected chi connectivity index (χ4v) is 8.18. The molecule has 2 saturated carbocycles. The van der Waals surface area contributed by atoms with E-state index in [4.69, 9.17) is 4.74 Å². The number of allylic oxidation sites excluding steroid dienone is 4. The molecular formula is C30H39NO5S. The molecule has 0 aliphatic heterocycles. The number of ether oxygens (including phenoxy) is 1. The third-order valence-electron chi connectivity index (χ3n) is 9.36. The first-order chi connectivity index (χ1) is 17.7. The van der Waals surface area contributed by atoms with Gasteiger partial charge in [-0.1, -0.05) is 24.6 Å². The summed E-state index contributed by atoms with van der Waals surface area (Å²) < 4.78 is 31.3. The summed E-state index contributed by atoms with van der Waals surface area (Å²) in [5.74, 6) is 2.67. The van der Waals surface area contributed by atoms with Crippen LogP contribution in [0.2, 0.25) is 0 Å². The number of unbranched alkanes of at least 4 members (excludes halogenated alkanes) is 2. The Morgan fingerprint density at radius 1 is 1.00 bits per heavy atom. The summed E-state index contributed by atoms with van der Waals surface area (Å²) in [6.45, 7) is 2.76. The second-order valence-electron chi connectivity index (χ2n) is 11.5. The van der Waals surface area contributed by atoms with Crippen LogP contribution in [0, 0.1) is 17.3 Å². The van der Waals surface area contributed by atoms with Gasteiger partial charge in [-0.25, -0.2) is 13.1 Å². The number of Topliss-reactive ketones (excluding diaryl/α,β-unsaturated/α-hetero) is 1. The van der Waals surface area contributed by atoms with E-state index < -0.39 is 10.0 Å². The third kappa shape index (κ3) is 5.22. The lowest BCUT2D eigenvalue weighted by molar-refractivity contribution is -0.128. The maximum atomic E-state index is 13.1. The van der Waals surface area contributed by atoms with Crippen molar-refractivity contribution in [2.45, 2.75) is 77.0 Å². The predicted octanol–water partition coefficient (Wildman–Crippen LogP) is 5.25. The molecule has 0 bridgehead atoms. The van der Waals surface area contributed by atoms with E-state index in [1.807, 2.05) is 18.2 Å². The van der Waals surface area contributed by atoms with Crippen molar-refractivity contribution in [2.24, 2.45) is 17.3 Å². The lowest BCUT2D eigenvalue weighted by Gasteiger charge is -2.50. The molecule has 1 aromatic rings. The Kier molecular flexibility index (Phi) is 7.47. The normalized spacial score (nSPS) is 29.5. The van der Waals surface area contributed by atoms with Crippen molar-refractivity contribution in [3.63, 3.8) is 0 Å². The Hall–Kier alpha value is -2.25. The molecule has 4 aliphatic carbocycles. The number of sulfonamides is 1. The summed E-state index contributed by atoms with van der Waals surface area (Å²) in [5.41, 5.74) is 5.12. The van der Waals surface area contributed by atoms with Gasteiger partial charge in [0, 0.05) is 24.2 Å². The molecule has 1 N–H and O–H groups in total. The topological polar surface area (TPSA) is 89.5 Å². The van der Waals surface area contributed by atoms with E-state index in [1.165, 1.54) is 29.3 Å². The van der Waals surface area contributed by atoms with Crippen molar-refractivity contribution in [3.8, 4) is 5.75 Å². The second-order valence-corrected chi connectivity index (χ2v) is 13.5. The first-order valence-electron chi connectivity index (χ1n) is 13.9. The van der Waals surface area contributed by atoms with Crippen LogP contribution in [0.3, 0.4) is 0 Å². The van der Waals surface area contributed by atoms with Crippen LogP contribution in [0.4, 0.5) is 0 Å². The van der Waals surface area contributed by atoms with E-state index in [0.717, 1.165) is 50.7 Å². The predicted molar refractivity (Wildman–Crippen MR) is 144 cm³/mol. The van der Waals surface area contributed by atoms with Crippen molar-refractivity contribution in [3.05, 3.63) is 52.6 Å². The van der Waals surface area contributed by atoms with Crippen molar-refractivity contribution in [2.75, 3.05) is 19.4 Å². The van der Waals surface area contributed by atoms with Gasteiger partial charge in [-0.05, 0) is 105 Å². The van der Waals surface area contributed by atoms with E-state index in [1.54, 1.807) is 0 Å². The quantitative estimate of drug-likeness (QED) is 0.445. The molecule has 0 saturated heterocycles. The van der Waals surface area contributed by atoms with E-state index in [0.29, 0.717) is 43.5 Å². The summed E-state index contributed by atoms with van der Waals surface area (Å²) in [5, 5.41) is 0. The number of ketones is 2. The molecule has 5 rings (SSSR count). The van der Waals surface area contributed by atoms with Crippen LogP contribution in [0.5, 0.6) is 5.75 Å². The van der Waals surface area contributed by atoms with E-state index in [9.17, 15) is 18.0 Å². The Labute approximate surface area is 221 Å². The van der Waals surface area contributed by atoms with E-state index in [2.05, 4.69) is 23.8 Å². The number of hydrogen-bond donors (Lipinski definition) is 1. The van der Waals surface area contributed by atoms with Crippen LogP contribution in [0.15, 0.2) is 47.1 Å². The zero-order valence-electron chi connectivity index (χ0n) is 22.1. The molecular weight excluding hydrogens is 486 g/mol. The maximum Gasteiger partial charge on any atom is 0.211 e. The van der Waals surface area contributed by atoms with Gasteiger partial charge in [0.25, 0.3) is 0 Å². The van der Waals surface area contributed by atoms with Gasteiger partial charge >= 0.3 is 0 Å². The van der Waals surface area contributed by atoms with Gasteiger partial charge in [0.15, 0.2) is 5.78 Å². The molecule has 0 amide bonds. The number of benzene rings is 1. The van der Waals surface area contributed by atoms with Crippen molar-refractivity contribution >= 4 is 21.6 Å². The molecule has 0 radical (unpaired) electrons. The minimum absolute atomic E-state index is 0.145. The Balaban J connectivity index is 1.32.